The molecule has 1 N–H and O–H groups in total. The number of aryl methyl sites for hydroxylation is 1. The van der Waals surface area contributed by atoms with Gasteiger partial charge in [0.05, 0.1) is 18.8 Å². The molecule has 0 radical (unpaired) electrons. The molecule has 0 aliphatic carbocycles. The summed E-state index contributed by atoms with van der Waals surface area (Å²) in [6, 6.07) is 10.3. The van der Waals surface area contributed by atoms with Crippen LogP contribution in [-0.4, -0.2) is 23.4 Å². The lowest BCUT2D eigenvalue weighted by atomic mass is 10.0. The minimum atomic E-state index is 0.108. The van der Waals surface area contributed by atoms with E-state index in [0.717, 1.165) is 24.4 Å². The van der Waals surface area contributed by atoms with Crippen molar-refractivity contribution >= 4 is 0 Å². The number of hydrogen-bond donors (Lipinski definition) is 1. The number of nitrogens with one attached hydrogen (secondary N) is 1. The Hall–Kier alpha value is -1.81. The van der Waals surface area contributed by atoms with Crippen LogP contribution in [0.3, 0.4) is 0 Å². The zero-order valence-corrected chi connectivity index (χ0v) is 11.8. The average molecular weight is 259 g/mol. The Bertz CT molecular complexity index is 522. The second-order valence-corrected chi connectivity index (χ2v) is 4.58. The van der Waals surface area contributed by atoms with Gasteiger partial charge in [-0.25, -0.2) is 0 Å². The summed E-state index contributed by atoms with van der Waals surface area (Å²) in [5.74, 6) is 0.872. The molecule has 1 aromatic heterocycles. The summed E-state index contributed by atoms with van der Waals surface area (Å²) in [6.45, 7) is 3.12. The van der Waals surface area contributed by atoms with Crippen molar-refractivity contribution in [2.24, 2.45) is 7.05 Å². The van der Waals surface area contributed by atoms with Crippen LogP contribution < -0.4 is 10.1 Å². The molecule has 1 heterocycles. The Kier molecular flexibility index (Phi) is 4.58. The molecule has 4 nitrogen and oxygen atoms in total. The lowest BCUT2D eigenvalue weighted by Crippen LogP contribution is -2.23. The summed E-state index contributed by atoms with van der Waals surface area (Å²) in [5.41, 5.74) is 2.20. The van der Waals surface area contributed by atoms with Crippen LogP contribution in [0.2, 0.25) is 0 Å². The standard InChI is InChI=1S/C15H21N3O/c1-4-9-16-15(14-8-10-18(2)17-14)12-6-5-7-13(11-12)19-3/h5-8,10-11,15-16H,4,9H2,1-3H3. The third-order valence-electron chi connectivity index (χ3n) is 3.06. The van der Waals surface area contributed by atoms with Gasteiger partial charge in [0.15, 0.2) is 0 Å². The molecule has 4 heteroatoms. The maximum absolute atomic E-state index is 5.30. The van der Waals surface area contributed by atoms with Gasteiger partial charge in [-0.15, -0.1) is 0 Å². The Labute approximate surface area is 114 Å². The molecule has 0 fully saturated rings. The fraction of sp³-hybridized carbons (Fsp3) is 0.400. The van der Waals surface area contributed by atoms with Gasteiger partial charge in [-0.1, -0.05) is 19.1 Å². The molecule has 2 aromatic rings. The van der Waals surface area contributed by atoms with Crippen LogP contribution in [0.4, 0.5) is 0 Å². The largest absolute Gasteiger partial charge is 0.497 e. The first-order valence-electron chi connectivity index (χ1n) is 6.61. The molecule has 1 aromatic carbocycles. The highest BCUT2D eigenvalue weighted by Gasteiger charge is 2.16. The first-order valence-corrected chi connectivity index (χ1v) is 6.61. The topological polar surface area (TPSA) is 39.1 Å². The number of nitrogens with zero attached hydrogens (tertiary/aromatic N) is 2. The molecule has 1 atom stereocenters. The molecule has 0 aliphatic heterocycles. The predicted octanol–water partition coefficient (Wildman–Crippen LogP) is 2.52. The Morgan fingerprint density at radius 3 is 2.84 bits per heavy atom. The van der Waals surface area contributed by atoms with E-state index in [0.29, 0.717) is 0 Å². The van der Waals surface area contributed by atoms with Gasteiger partial charge in [0, 0.05) is 13.2 Å². The molecule has 0 aliphatic rings. The Balaban J connectivity index is 2.30. The van der Waals surface area contributed by atoms with E-state index in [-0.39, 0.29) is 6.04 Å². The van der Waals surface area contributed by atoms with Crippen LogP contribution in [0.25, 0.3) is 0 Å². The van der Waals surface area contributed by atoms with E-state index in [1.54, 1.807) is 7.11 Å². The van der Waals surface area contributed by atoms with Gasteiger partial charge in [-0.2, -0.15) is 5.10 Å². The summed E-state index contributed by atoms with van der Waals surface area (Å²) < 4.78 is 7.13. The van der Waals surface area contributed by atoms with Crippen molar-refractivity contribution in [1.82, 2.24) is 15.1 Å². The van der Waals surface area contributed by atoms with Gasteiger partial charge in [0.1, 0.15) is 5.75 Å². The molecule has 0 spiro atoms. The first kappa shape index (κ1) is 13.6. The maximum atomic E-state index is 5.30. The summed E-state index contributed by atoms with van der Waals surface area (Å²) >= 11 is 0. The fourth-order valence-electron chi connectivity index (χ4n) is 2.09. The minimum absolute atomic E-state index is 0.108. The monoisotopic (exact) mass is 259 g/mol. The molecule has 0 bridgehead atoms. The van der Waals surface area contributed by atoms with Crippen molar-refractivity contribution < 1.29 is 4.74 Å². The van der Waals surface area contributed by atoms with E-state index < -0.39 is 0 Å². The van der Waals surface area contributed by atoms with Gasteiger partial charge in [-0.3, -0.25) is 4.68 Å². The number of rotatable bonds is 6. The van der Waals surface area contributed by atoms with Crippen molar-refractivity contribution in [2.75, 3.05) is 13.7 Å². The quantitative estimate of drug-likeness (QED) is 0.866. The van der Waals surface area contributed by atoms with E-state index in [2.05, 4.69) is 29.5 Å². The van der Waals surface area contributed by atoms with Gasteiger partial charge in [0.2, 0.25) is 0 Å². The highest BCUT2D eigenvalue weighted by molar-refractivity contribution is 5.34. The zero-order chi connectivity index (χ0) is 13.7. The van der Waals surface area contributed by atoms with Crippen LogP contribution in [0.1, 0.15) is 30.6 Å². The van der Waals surface area contributed by atoms with Crippen LogP contribution in [0.15, 0.2) is 36.5 Å². The number of methoxy groups -OCH3 is 1. The SMILES string of the molecule is CCCNC(c1cccc(OC)c1)c1ccn(C)n1. The van der Waals surface area contributed by atoms with Crippen LogP contribution in [-0.2, 0) is 7.05 Å². The van der Waals surface area contributed by atoms with Gasteiger partial charge in [0.25, 0.3) is 0 Å². The minimum Gasteiger partial charge on any atom is -0.497 e. The fourth-order valence-corrected chi connectivity index (χ4v) is 2.09. The predicted molar refractivity (Wildman–Crippen MR) is 76.3 cm³/mol. The number of ether oxygens (including phenoxy) is 1. The van der Waals surface area contributed by atoms with Crippen molar-refractivity contribution in [3.63, 3.8) is 0 Å². The molecule has 102 valence electrons. The van der Waals surface area contributed by atoms with Crippen LogP contribution in [0, 0.1) is 0 Å². The summed E-state index contributed by atoms with van der Waals surface area (Å²) in [7, 11) is 3.63. The van der Waals surface area contributed by atoms with E-state index in [9.17, 15) is 0 Å². The summed E-state index contributed by atoms with van der Waals surface area (Å²) in [4.78, 5) is 0. The van der Waals surface area contributed by atoms with Crippen molar-refractivity contribution in [1.29, 1.82) is 0 Å². The van der Waals surface area contributed by atoms with E-state index in [1.807, 2.05) is 36.1 Å². The smallest absolute Gasteiger partial charge is 0.119 e. The Morgan fingerprint density at radius 2 is 2.21 bits per heavy atom. The van der Waals surface area contributed by atoms with Crippen LogP contribution in [0.5, 0.6) is 5.75 Å². The number of hydrogen-bond acceptors (Lipinski definition) is 3. The first-order chi connectivity index (χ1) is 9.24. The van der Waals surface area contributed by atoms with Crippen LogP contribution >= 0.6 is 0 Å². The van der Waals surface area contributed by atoms with Crippen molar-refractivity contribution in [3.05, 3.63) is 47.8 Å². The molecule has 0 amide bonds. The van der Waals surface area contributed by atoms with E-state index >= 15 is 0 Å². The van der Waals surface area contributed by atoms with Crippen molar-refractivity contribution in [3.8, 4) is 5.75 Å². The third kappa shape index (κ3) is 3.35. The highest BCUT2D eigenvalue weighted by Crippen LogP contribution is 2.24. The Morgan fingerprint density at radius 1 is 1.37 bits per heavy atom. The maximum Gasteiger partial charge on any atom is 0.119 e. The van der Waals surface area contributed by atoms with Crippen molar-refractivity contribution in [2.45, 2.75) is 19.4 Å². The number of benzene rings is 1. The molecule has 1 unspecified atom stereocenters. The highest BCUT2D eigenvalue weighted by atomic mass is 16.5. The molecule has 19 heavy (non-hydrogen) atoms. The van der Waals surface area contributed by atoms with E-state index in [4.69, 9.17) is 4.74 Å². The third-order valence-corrected chi connectivity index (χ3v) is 3.06. The zero-order valence-electron chi connectivity index (χ0n) is 11.8. The molecule has 0 saturated carbocycles. The average Bonchev–Trinajstić information content (AvgIpc) is 2.86. The molecular weight excluding hydrogens is 238 g/mol. The number of aromatic nitrogens is 2. The second kappa shape index (κ2) is 6.38. The lowest BCUT2D eigenvalue weighted by molar-refractivity contribution is 0.413. The van der Waals surface area contributed by atoms with Gasteiger partial charge in [-0.05, 0) is 36.7 Å². The lowest BCUT2D eigenvalue weighted by Gasteiger charge is -2.17. The molecular formula is C15H21N3O. The summed E-state index contributed by atoms with van der Waals surface area (Å²) in [5, 5.41) is 8.04. The second-order valence-electron chi connectivity index (χ2n) is 4.58. The van der Waals surface area contributed by atoms with Gasteiger partial charge < -0.3 is 10.1 Å². The van der Waals surface area contributed by atoms with E-state index in [1.165, 1.54) is 5.56 Å². The molecule has 2 rings (SSSR count). The van der Waals surface area contributed by atoms with Gasteiger partial charge >= 0.3 is 0 Å². The summed E-state index contributed by atoms with van der Waals surface area (Å²) in [6.07, 6.45) is 3.06. The normalized spacial score (nSPS) is 12.4. The molecule has 0 saturated heterocycles.